The highest BCUT2D eigenvalue weighted by Crippen LogP contribution is 2.27. The van der Waals surface area contributed by atoms with Gasteiger partial charge in [0.25, 0.3) is 0 Å². The maximum atomic E-state index is 11.8. The molecule has 21 heavy (non-hydrogen) atoms. The number of aromatic nitrogens is 2. The standard InChI is InChI=1S/C15H22N4OS/c1-10(21-8-13(20)17-9-15(2,3)16)14-18-11-6-4-5-7-12(11)19-14/h4-7,10H,8-9,16H2,1-3H3,(H,17,20)(H,18,19). The molecule has 6 heteroatoms. The minimum absolute atomic E-state index is 0.00138. The molecule has 0 fully saturated rings. The third-order valence-corrected chi connectivity index (χ3v) is 4.15. The number of nitrogens with one attached hydrogen (secondary N) is 2. The molecule has 0 saturated carbocycles. The molecule has 1 atom stereocenters. The number of fused-ring (bicyclic) bond motifs is 1. The van der Waals surface area contributed by atoms with Gasteiger partial charge in [-0.3, -0.25) is 4.79 Å². The summed E-state index contributed by atoms with van der Waals surface area (Å²) in [6.45, 7) is 6.29. The first kappa shape index (κ1) is 15.9. The molecule has 2 rings (SSSR count). The summed E-state index contributed by atoms with van der Waals surface area (Å²) in [6, 6.07) is 7.92. The van der Waals surface area contributed by atoms with E-state index in [1.165, 1.54) is 0 Å². The third kappa shape index (κ3) is 4.75. The Morgan fingerprint density at radius 2 is 2.19 bits per heavy atom. The maximum Gasteiger partial charge on any atom is 0.230 e. The van der Waals surface area contributed by atoms with Gasteiger partial charge in [0.05, 0.1) is 22.0 Å². The van der Waals surface area contributed by atoms with E-state index in [4.69, 9.17) is 5.73 Å². The van der Waals surface area contributed by atoms with Crippen LogP contribution in [0.4, 0.5) is 0 Å². The molecule has 5 nitrogen and oxygen atoms in total. The summed E-state index contributed by atoms with van der Waals surface area (Å²) in [5.41, 5.74) is 7.43. The summed E-state index contributed by atoms with van der Waals surface area (Å²) >= 11 is 1.56. The summed E-state index contributed by atoms with van der Waals surface area (Å²) in [7, 11) is 0. The molecule has 114 valence electrons. The number of benzene rings is 1. The Hall–Kier alpha value is -1.53. The van der Waals surface area contributed by atoms with Crippen LogP contribution in [0.1, 0.15) is 31.8 Å². The first-order valence-electron chi connectivity index (χ1n) is 6.97. The quantitative estimate of drug-likeness (QED) is 0.764. The van der Waals surface area contributed by atoms with Crippen LogP contribution in [0.5, 0.6) is 0 Å². The van der Waals surface area contributed by atoms with Crippen molar-refractivity contribution in [3.63, 3.8) is 0 Å². The van der Waals surface area contributed by atoms with E-state index >= 15 is 0 Å². The van der Waals surface area contributed by atoms with Gasteiger partial charge < -0.3 is 16.0 Å². The van der Waals surface area contributed by atoms with Crippen molar-refractivity contribution in [1.29, 1.82) is 0 Å². The molecule has 1 unspecified atom stereocenters. The van der Waals surface area contributed by atoms with Gasteiger partial charge in [0.2, 0.25) is 5.91 Å². The summed E-state index contributed by atoms with van der Waals surface area (Å²) in [4.78, 5) is 19.6. The lowest BCUT2D eigenvalue weighted by Gasteiger charge is -2.19. The van der Waals surface area contributed by atoms with E-state index in [0.717, 1.165) is 16.9 Å². The molecule has 1 heterocycles. The van der Waals surface area contributed by atoms with Gasteiger partial charge in [-0.05, 0) is 32.9 Å². The van der Waals surface area contributed by atoms with Crippen LogP contribution < -0.4 is 11.1 Å². The zero-order valence-corrected chi connectivity index (χ0v) is 13.5. The SMILES string of the molecule is CC(SCC(=O)NCC(C)(C)N)c1nc2ccccc2[nH]1. The number of para-hydroxylation sites is 2. The Balaban J connectivity index is 1.86. The van der Waals surface area contributed by atoms with Gasteiger partial charge in [0.1, 0.15) is 5.82 Å². The van der Waals surface area contributed by atoms with E-state index in [1.54, 1.807) is 11.8 Å². The molecule has 1 aromatic heterocycles. The van der Waals surface area contributed by atoms with Crippen molar-refractivity contribution < 1.29 is 4.79 Å². The average Bonchev–Trinajstić information content (AvgIpc) is 2.85. The van der Waals surface area contributed by atoms with Crippen molar-refractivity contribution in [2.45, 2.75) is 31.6 Å². The predicted molar refractivity (Wildman–Crippen MR) is 88.2 cm³/mol. The number of hydrogen-bond donors (Lipinski definition) is 3. The smallest absolute Gasteiger partial charge is 0.230 e. The molecule has 0 bridgehead atoms. The second kappa shape index (κ2) is 6.49. The molecule has 0 spiro atoms. The number of nitrogens with zero attached hydrogens (tertiary/aromatic N) is 1. The van der Waals surface area contributed by atoms with Crippen molar-refractivity contribution in [2.75, 3.05) is 12.3 Å². The van der Waals surface area contributed by atoms with Gasteiger partial charge in [-0.25, -0.2) is 4.98 Å². The van der Waals surface area contributed by atoms with Gasteiger partial charge >= 0.3 is 0 Å². The lowest BCUT2D eigenvalue weighted by atomic mass is 10.1. The fourth-order valence-electron chi connectivity index (χ4n) is 1.82. The molecule has 0 aliphatic heterocycles. The van der Waals surface area contributed by atoms with Crippen LogP contribution in [-0.2, 0) is 4.79 Å². The van der Waals surface area contributed by atoms with E-state index in [9.17, 15) is 4.79 Å². The number of nitrogens with two attached hydrogens (primary N) is 1. The lowest BCUT2D eigenvalue weighted by molar-refractivity contribution is -0.118. The fourth-order valence-corrected chi connectivity index (χ4v) is 2.60. The number of carbonyl (C=O) groups excluding carboxylic acids is 1. The molecule has 1 amide bonds. The van der Waals surface area contributed by atoms with Crippen LogP contribution in [0.3, 0.4) is 0 Å². The number of H-pyrrole nitrogens is 1. The third-order valence-electron chi connectivity index (χ3n) is 3.00. The average molecular weight is 306 g/mol. The summed E-state index contributed by atoms with van der Waals surface area (Å²) in [6.07, 6.45) is 0. The number of amides is 1. The summed E-state index contributed by atoms with van der Waals surface area (Å²) in [5, 5.41) is 2.97. The number of rotatable bonds is 6. The van der Waals surface area contributed by atoms with E-state index in [2.05, 4.69) is 15.3 Å². The normalized spacial score (nSPS) is 13.3. The van der Waals surface area contributed by atoms with Crippen molar-refractivity contribution >= 4 is 28.7 Å². The monoisotopic (exact) mass is 306 g/mol. The first-order valence-corrected chi connectivity index (χ1v) is 8.02. The molecular weight excluding hydrogens is 284 g/mol. The Morgan fingerprint density at radius 1 is 1.48 bits per heavy atom. The van der Waals surface area contributed by atoms with Gasteiger partial charge in [-0.2, -0.15) is 0 Å². The van der Waals surface area contributed by atoms with Gasteiger partial charge in [0, 0.05) is 12.1 Å². The highest BCUT2D eigenvalue weighted by Gasteiger charge is 2.15. The molecule has 4 N–H and O–H groups in total. The van der Waals surface area contributed by atoms with E-state index < -0.39 is 0 Å². The number of aromatic amines is 1. The zero-order valence-electron chi connectivity index (χ0n) is 12.6. The molecule has 2 aromatic rings. The summed E-state index contributed by atoms with van der Waals surface area (Å²) in [5.74, 6) is 1.29. The minimum Gasteiger partial charge on any atom is -0.354 e. The van der Waals surface area contributed by atoms with Crippen LogP contribution in [0.15, 0.2) is 24.3 Å². The van der Waals surface area contributed by atoms with E-state index in [1.807, 2.05) is 45.0 Å². The summed E-state index contributed by atoms with van der Waals surface area (Å²) < 4.78 is 0. The molecule has 1 aromatic carbocycles. The Bertz CT molecular complexity index is 584. The number of hydrogen-bond acceptors (Lipinski definition) is 4. The second-order valence-corrected chi connectivity index (χ2v) is 7.19. The predicted octanol–water partition coefficient (Wildman–Crippen LogP) is 2.21. The Kier molecular flexibility index (Phi) is 4.90. The van der Waals surface area contributed by atoms with Crippen molar-refractivity contribution in [2.24, 2.45) is 5.73 Å². The van der Waals surface area contributed by atoms with E-state index in [0.29, 0.717) is 12.3 Å². The highest BCUT2D eigenvalue weighted by atomic mass is 32.2. The minimum atomic E-state index is -0.384. The van der Waals surface area contributed by atoms with Crippen LogP contribution in [0.2, 0.25) is 0 Å². The number of imidazole rings is 1. The van der Waals surface area contributed by atoms with E-state index in [-0.39, 0.29) is 16.7 Å². The molecule has 0 saturated heterocycles. The fraction of sp³-hybridized carbons (Fsp3) is 0.467. The first-order chi connectivity index (χ1) is 9.85. The Labute approximate surface area is 129 Å². The second-order valence-electron chi connectivity index (χ2n) is 5.86. The topological polar surface area (TPSA) is 83.8 Å². The van der Waals surface area contributed by atoms with Gasteiger partial charge in [0.15, 0.2) is 0 Å². The van der Waals surface area contributed by atoms with Crippen molar-refractivity contribution in [3.8, 4) is 0 Å². The molecule has 0 aliphatic rings. The Morgan fingerprint density at radius 3 is 2.86 bits per heavy atom. The maximum absolute atomic E-state index is 11.8. The van der Waals surface area contributed by atoms with Crippen LogP contribution >= 0.6 is 11.8 Å². The van der Waals surface area contributed by atoms with Gasteiger partial charge in [-0.1, -0.05) is 12.1 Å². The molecule has 0 aliphatic carbocycles. The molecule has 0 radical (unpaired) electrons. The van der Waals surface area contributed by atoms with Crippen LogP contribution in [-0.4, -0.2) is 33.7 Å². The number of thioether (sulfide) groups is 1. The lowest BCUT2D eigenvalue weighted by Crippen LogP contribution is -2.45. The number of carbonyl (C=O) groups is 1. The largest absolute Gasteiger partial charge is 0.354 e. The van der Waals surface area contributed by atoms with Crippen molar-refractivity contribution in [1.82, 2.24) is 15.3 Å². The van der Waals surface area contributed by atoms with Crippen molar-refractivity contribution in [3.05, 3.63) is 30.1 Å². The van der Waals surface area contributed by atoms with Crippen LogP contribution in [0, 0.1) is 0 Å². The van der Waals surface area contributed by atoms with Gasteiger partial charge in [-0.15, -0.1) is 11.8 Å². The zero-order chi connectivity index (χ0) is 15.5. The highest BCUT2D eigenvalue weighted by molar-refractivity contribution is 8.00. The van der Waals surface area contributed by atoms with Crippen LogP contribution in [0.25, 0.3) is 11.0 Å². The molecular formula is C15H22N4OS.